The van der Waals surface area contributed by atoms with Gasteiger partial charge < -0.3 is 10.4 Å². The van der Waals surface area contributed by atoms with Crippen LogP contribution in [0.1, 0.15) is 40.7 Å². The number of amides is 1. The van der Waals surface area contributed by atoms with Crippen LogP contribution in [0.2, 0.25) is 5.02 Å². The number of fused-ring (bicyclic) bond motifs is 1. The van der Waals surface area contributed by atoms with Gasteiger partial charge in [0.2, 0.25) is 11.5 Å². The van der Waals surface area contributed by atoms with Crippen molar-refractivity contribution in [2.45, 2.75) is 44.0 Å². The molecule has 9 heteroatoms. The van der Waals surface area contributed by atoms with Gasteiger partial charge in [0, 0.05) is 16.1 Å². The van der Waals surface area contributed by atoms with Crippen LogP contribution >= 0.6 is 22.9 Å². The molecular weight excluding hydrogens is 389 g/mol. The van der Waals surface area contributed by atoms with Gasteiger partial charge in [-0.15, -0.1) is 11.3 Å². The van der Waals surface area contributed by atoms with E-state index in [1.807, 2.05) is 0 Å². The lowest BCUT2D eigenvalue weighted by molar-refractivity contribution is -0.267. The Balaban J connectivity index is 1.79. The highest BCUT2D eigenvalue weighted by Crippen LogP contribution is 2.43. The van der Waals surface area contributed by atoms with E-state index in [0.717, 1.165) is 11.1 Å². The van der Waals surface area contributed by atoms with Crippen molar-refractivity contribution < 1.29 is 23.1 Å². The molecule has 1 amide bonds. The van der Waals surface area contributed by atoms with Crippen LogP contribution < -0.4 is 5.32 Å². The van der Waals surface area contributed by atoms with Crippen molar-refractivity contribution in [2.24, 2.45) is 0 Å². The van der Waals surface area contributed by atoms with Crippen LogP contribution in [0.25, 0.3) is 0 Å². The molecule has 2 aromatic rings. The van der Waals surface area contributed by atoms with E-state index >= 15 is 0 Å². The highest BCUT2D eigenvalue weighted by molar-refractivity contribution is 7.09. The summed E-state index contributed by atoms with van der Waals surface area (Å²) in [5.74, 6) is -0.893. The molecule has 0 bridgehead atoms. The summed E-state index contributed by atoms with van der Waals surface area (Å²) in [5, 5.41) is 14.3. The van der Waals surface area contributed by atoms with Crippen molar-refractivity contribution in [3.63, 3.8) is 0 Å². The van der Waals surface area contributed by atoms with Crippen molar-refractivity contribution in [1.82, 2.24) is 10.3 Å². The van der Waals surface area contributed by atoms with E-state index in [0.29, 0.717) is 34.9 Å². The van der Waals surface area contributed by atoms with Gasteiger partial charge in [0.15, 0.2) is 0 Å². The summed E-state index contributed by atoms with van der Waals surface area (Å²) in [5.41, 5.74) is -1.27. The Kier molecular flexibility index (Phi) is 5.02. The smallest absolute Gasteiger partial charge is 0.374 e. The zero-order valence-electron chi connectivity index (χ0n) is 13.7. The minimum absolute atomic E-state index is 0.354. The predicted molar refractivity (Wildman–Crippen MR) is 92.1 cm³/mol. The lowest BCUT2D eigenvalue weighted by Crippen LogP contribution is -2.46. The number of halogens is 4. The molecule has 4 nitrogen and oxygen atoms in total. The normalized spacial score (nSPS) is 19.1. The summed E-state index contributed by atoms with van der Waals surface area (Å²) in [7, 11) is 0. The molecule has 0 saturated heterocycles. The number of hydrogen-bond donors (Lipinski definition) is 2. The van der Waals surface area contributed by atoms with E-state index in [4.69, 9.17) is 11.6 Å². The van der Waals surface area contributed by atoms with Gasteiger partial charge in [-0.05, 0) is 37.0 Å². The number of carbonyl (C=O) groups excluding carboxylic acids is 1. The molecular formula is C17H16ClF3N2O2S. The fourth-order valence-corrected chi connectivity index (χ4v) is 4.27. The van der Waals surface area contributed by atoms with E-state index in [-0.39, 0.29) is 0 Å². The molecule has 0 saturated carbocycles. The summed E-state index contributed by atoms with van der Waals surface area (Å²) in [6, 6.07) is 4.83. The monoisotopic (exact) mass is 404 g/mol. The summed E-state index contributed by atoms with van der Waals surface area (Å²) < 4.78 is 40.5. The number of benzene rings is 1. The van der Waals surface area contributed by atoms with Gasteiger partial charge in [-0.25, -0.2) is 4.98 Å². The zero-order chi connectivity index (χ0) is 19.1. The van der Waals surface area contributed by atoms with E-state index in [1.165, 1.54) is 12.3 Å². The minimum Gasteiger partial charge on any atom is -0.374 e. The number of aliphatic hydroxyl groups is 1. The van der Waals surface area contributed by atoms with Crippen LogP contribution in [0.3, 0.4) is 0 Å². The molecule has 1 aromatic carbocycles. The molecule has 0 spiro atoms. The molecule has 1 aromatic heterocycles. The molecule has 0 radical (unpaired) electrons. The van der Waals surface area contributed by atoms with Crippen molar-refractivity contribution in [2.75, 3.05) is 0 Å². The largest absolute Gasteiger partial charge is 0.424 e. The van der Waals surface area contributed by atoms with Crippen molar-refractivity contribution >= 4 is 28.8 Å². The first kappa shape index (κ1) is 19.1. The number of aromatic nitrogens is 1. The lowest BCUT2D eigenvalue weighted by Gasteiger charge is -2.28. The van der Waals surface area contributed by atoms with Gasteiger partial charge in [-0.1, -0.05) is 23.7 Å². The molecule has 1 aliphatic carbocycles. The third-order valence-corrected chi connectivity index (χ3v) is 5.87. The highest BCUT2D eigenvalue weighted by atomic mass is 35.5. The SMILES string of the molecule is Cc1csc(C(O)(CC(=O)NC2CCc3c(Cl)cccc32)C(F)(F)F)n1. The highest BCUT2D eigenvalue weighted by Gasteiger charge is 2.58. The fraction of sp³-hybridized carbons (Fsp3) is 0.412. The molecule has 26 heavy (non-hydrogen) atoms. The number of rotatable bonds is 4. The van der Waals surface area contributed by atoms with Gasteiger partial charge in [0.05, 0.1) is 12.5 Å². The average Bonchev–Trinajstić information content (AvgIpc) is 3.14. The Morgan fingerprint density at radius 3 is 2.81 bits per heavy atom. The van der Waals surface area contributed by atoms with Gasteiger partial charge in [0.25, 0.3) is 0 Å². The first-order valence-corrected chi connectivity index (χ1v) is 9.16. The zero-order valence-corrected chi connectivity index (χ0v) is 15.3. The van der Waals surface area contributed by atoms with Crippen molar-refractivity contribution in [1.29, 1.82) is 0 Å². The van der Waals surface area contributed by atoms with Crippen LogP contribution in [0.5, 0.6) is 0 Å². The first-order valence-electron chi connectivity index (χ1n) is 7.90. The van der Waals surface area contributed by atoms with Crippen LogP contribution in [0.15, 0.2) is 23.6 Å². The van der Waals surface area contributed by atoms with Gasteiger partial charge >= 0.3 is 6.18 Å². The molecule has 0 fully saturated rings. The average molecular weight is 405 g/mol. The number of thiazole rings is 1. The maximum absolute atomic E-state index is 13.5. The summed E-state index contributed by atoms with van der Waals surface area (Å²) >= 11 is 6.79. The number of carbonyl (C=O) groups is 1. The molecule has 2 N–H and O–H groups in total. The number of nitrogens with one attached hydrogen (secondary N) is 1. The van der Waals surface area contributed by atoms with E-state index < -0.39 is 35.2 Å². The Labute approximate surface area is 157 Å². The second-order valence-electron chi connectivity index (χ2n) is 6.30. The van der Waals surface area contributed by atoms with Crippen LogP contribution in [-0.2, 0) is 16.8 Å². The van der Waals surface area contributed by atoms with Crippen LogP contribution in [0, 0.1) is 6.92 Å². The Bertz CT molecular complexity index is 840. The topological polar surface area (TPSA) is 62.2 Å². The molecule has 1 aliphatic rings. The third-order valence-electron chi connectivity index (χ3n) is 4.41. The molecule has 1 heterocycles. The maximum atomic E-state index is 13.5. The van der Waals surface area contributed by atoms with Crippen molar-refractivity contribution in [3.8, 4) is 0 Å². The molecule has 0 aliphatic heterocycles. The predicted octanol–water partition coefficient (Wildman–Crippen LogP) is 4.05. The van der Waals surface area contributed by atoms with Gasteiger partial charge in [0.1, 0.15) is 5.01 Å². The fourth-order valence-electron chi connectivity index (χ4n) is 3.08. The minimum atomic E-state index is -5.02. The van der Waals surface area contributed by atoms with Crippen LogP contribution in [0.4, 0.5) is 13.2 Å². The molecule has 2 unspecified atom stereocenters. The first-order chi connectivity index (χ1) is 12.1. The second kappa shape index (κ2) is 6.83. The van der Waals surface area contributed by atoms with Crippen molar-refractivity contribution in [3.05, 3.63) is 50.4 Å². The lowest BCUT2D eigenvalue weighted by atomic mass is 9.98. The van der Waals surface area contributed by atoms with E-state index in [1.54, 1.807) is 18.2 Å². The number of hydrogen-bond acceptors (Lipinski definition) is 4. The maximum Gasteiger partial charge on any atom is 0.424 e. The summed E-state index contributed by atoms with van der Waals surface area (Å²) in [6.07, 6.45) is -4.98. The Morgan fingerprint density at radius 1 is 1.46 bits per heavy atom. The van der Waals surface area contributed by atoms with E-state index in [9.17, 15) is 23.1 Å². The summed E-state index contributed by atoms with van der Waals surface area (Å²) in [6.45, 7) is 1.52. The quantitative estimate of drug-likeness (QED) is 0.808. The van der Waals surface area contributed by atoms with Gasteiger partial charge in [-0.2, -0.15) is 13.2 Å². The molecule has 2 atom stereocenters. The Morgan fingerprint density at radius 2 is 2.19 bits per heavy atom. The third kappa shape index (κ3) is 3.45. The Hall–Kier alpha value is -1.64. The standard InChI is InChI=1S/C17H16ClF3N2O2S/c1-9-8-26-15(22-9)16(25,17(19,20)21)7-14(24)23-13-6-5-10-11(13)3-2-4-12(10)18/h2-4,8,13,25H,5-7H2,1H3,(H,23,24). The summed E-state index contributed by atoms with van der Waals surface area (Å²) in [4.78, 5) is 16.0. The number of nitrogens with zero attached hydrogens (tertiary/aromatic N) is 1. The number of alkyl halides is 3. The second-order valence-corrected chi connectivity index (χ2v) is 7.56. The molecule has 140 valence electrons. The van der Waals surface area contributed by atoms with Crippen LogP contribution in [-0.4, -0.2) is 22.2 Å². The number of aryl methyl sites for hydroxylation is 1. The van der Waals surface area contributed by atoms with E-state index in [2.05, 4.69) is 10.3 Å². The van der Waals surface area contributed by atoms with Gasteiger partial charge in [-0.3, -0.25) is 4.79 Å². The molecule has 3 rings (SSSR count).